The van der Waals surface area contributed by atoms with E-state index in [-0.39, 0.29) is 18.2 Å². The summed E-state index contributed by atoms with van der Waals surface area (Å²) < 4.78 is 4.91. The van der Waals surface area contributed by atoms with E-state index in [4.69, 9.17) is 4.74 Å². The summed E-state index contributed by atoms with van der Waals surface area (Å²) in [6, 6.07) is 8.04. The minimum Gasteiger partial charge on any atom is -0.456 e. The highest BCUT2D eigenvalue weighted by Crippen LogP contribution is 2.09. The van der Waals surface area contributed by atoms with Crippen LogP contribution in [0.2, 0.25) is 0 Å². The Morgan fingerprint density at radius 3 is 2.39 bits per heavy atom. The summed E-state index contributed by atoms with van der Waals surface area (Å²) in [7, 11) is 1.53. The summed E-state index contributed by atoms with van der Waals surface area (Å²) in [5, 5.41) is 11.3. The number of hydrogen-bond acceptors (Lipinski definition) is 6. The Hall–Kier alpha value is -3.20. The number of thiophene rings is 1. The van der Waals surface area contributed by atoms with Crippen LogP contribution in [-0.2, 0) is 14.3 Å². The fraction of sp³-hybridized carbons (Fsp3) is 0.263. The first-order valence-electron chi connectivity index (χ1n) is 8.57. The zero-order chi connectivity index (χ0) is 20.4. The lowest BCUT2D eigenvalue weighted by atomic mass is 10.2. The van der Waals surface area contributed by atoms with Crippen LogP contribution in [0.1, 0.15) is 33.6 Å². The molecule has 8 nitrogen and oxygen atoms in total. The Morgan fingerprint density at radius 2 is 1.75 bits per heavy atom. The van der Waals surface area contributed by atoms with Gasteiger partial charge >= 0.3 is 5.97 Å². The third-order valence-electron chi connectivity index (χ3n) is 3.65. The van der Waals surface area contributed by atoms with Gasteiger partial charge in [0.15, 0.2) is 6.61 Å². The molecule has 3 N–H and O–H groups in total. The molecule has 0 saturated heterocycles. The van der Waals surface area contributed by atoms with Crippen molar-refractivity contribution < 1.29 is 23.9 Å². The van der Waals surface area contributed by atoms with Crippen molar-refractivity contribution in [2.24, 2.45) is 0 Å². The summed E-state index contributed by atoms with van der Waals surface area (Å²) in [4.78, 5) is 46.7. The molecule has 0 fully saturated rings. The number of esters is 1. The molecule has 0 bridgehead atoms. The van der Waals surface area contributed by atoms with Crippen molar-refractivity contribution in [3.8, 4) is 0 Å². The minimum atomic E-state index is -0.519. The van der Waals surface area contributed by atoms with E-state index in [0.29, 0.717) is 29.8 Å². The number of nitrogens with one attached hydrogen (secondary N) is 3. The number of amides is 3. The fourth-order valence-electron chi connectivity index (χ4n) is 2.19. The van der Waals surface area contributed by atoms with Crippen LogP contribution in [-0.4, -0.2) is 43.9 Å². The summed E-state index contributed by atoms with van der Waals surface area (Å²) in [6.07, 6.45) is 0.509. The van der Waals surface area contributed by atoms with Gasteiger partial charge in [-0.25, -0.2) is 0 Å². The highest BCUT2D eigenvalue weighted by Gasteiger charge is 2.10. The van der Waals surface area contributed by atoms with E-state index in [1.54, 1.807) is 35.7 Å². The second kappa shape index (κ2) is 10.8. The smallest absolute Gasteiger partial charge is 0.306 e. The summed E-state index contributed by atoms with van der Waals surface area (Å²) in [5.74, 6) is -1.41. The molecule has 0 aliphatic carbocycles. The van der Waals surface area contributed by atoms with Gasteiger partial charge in [-0.3, -0.25) is 19.2 Å². The topological polar surface area (TPSA) is 114 Å². The normalized spacial score (nSPS) is 10.0. The maximum atomic E-state index is 11.8. The van der Waals surface area contributed by atoms with Crippen LogP contribution in [0.5, 0.6) is 0 Å². The van der Waals surface area contributed by atoms with Crippen LogP contribution in [0, 0.1) is 0 Å². The van der Waals surface area contributed by atoms with E-state index < -0.39 is 18.5 Å². The van der Waals surface area contributed by atoms with E-state index in [0.717, 1.165) is 0 Å². The van der Waals surface area contributed by atoms with Crippen molar-refractivity contribution in [3.63, 3.8) is 0 Å². The Morgan fingerprint density at radius 1 is 1.00 bits per heavy atom. The molecule has 0 saturated carbocycles. The predicted octanol–water partition coefficient (Wildman–Crippen LogP) is 1.80. The molecule has 0 radical (unpaired) electrons. The van der Waals surface area contributed by atoms with Gasteiger partial charge in [-0.2, -0.15) is 11.3 Å². The van der Waals surface area contributed by atoms with Crippen molar-refractivity contribution in [2.45, 2.75) is 12.8 Å². The highest BCUT2D eigenvalue weighted by molar-refractivity contribution is 7.08. The predicted molar refractivity (Wildman–Crippen MR) is 105 cm³/mol. The molecule has 0 aliphatic rings. The van der Waals surface area contributed by atoms with Crippen molar-refractivity contribution >= 4 is 40.7 Å². The highest BCUT2D eigenvalue weighted by atomic mass is 32.1. The summed E-state index contributed by atoms with van der Waals surface area (Å²) >= 11 is 1.43. The van der Waals surface area contributed by atoms with Crippen molar-refractivity contribution in [1.29, 1.82) is 0 Å². The third-order valence-corrected chi connectivity index (χ3v) is 4.33. The molecule has 28 heavy (non-hydrogen) atoms. The van der Waals surface area contributed by atoms with Gasteiger partial charge in [-0.15, -0.1) is 0 Å². The molecule has 2 aromatic rings. The van der Waals surface area contributed by atoms with Crippen LogP contribution < -0.4 is 16.0 Å². The fourth-order valence-corrected chi connectivity index (χ4v) is 2.83. The number of carbonyl (C=O) groups is 4. The van der Waals surface area contributed by atoms with Gasteiger partial charge in [0, 0.05) is 42.2 Å². The first-order valence-corrected chi connectivity index (χ1v) is 9.52. The lowest BCUT2D eigenvalue weighted by Crippen LogP contribution is -2.25. The monoisotopic (exact) mass is 403 g/mol. The van der Waals surface area contributed by atoms with Gasteiger partial charge in [0.05, 0.1) is 0 Å². The molecule has 1 aromatic carbocycles. The van der Waals surface area contributed by atoms with Gasteiger partial charge in [0.2, 0.25) is 0 Å². The molecule has 9 heteroatoms. The maximum Gasteiger partial charge on any atom is 0.306 e. The molecular weight excluding hydrogens is 382 g/mol. The molecule has 0 atom stereocenters. The number of benzene rings is 1. The maximum absolute atomic E-state index is 11.8. The quantitative estimate of drug-likeness (QED) is 0.436. The van der Waals surface area contributed by atoms with E-state index in [9.17, 15) is 19.2 Å². The molecule has 1 heterocycles. The Kier molecular flexibility index (Phi) is 8.16. The third kappa shape index (κ3) is 6.84. The lowest BCUT2D eigenvalue weighted by molar-refractivity contribution is -0.147. The number of hydrogen-bond donors (Lipinski definition) is 3. The number of rotatable bonds is 9. The largest absolute Gasteiger partial charge is 0.456 e. The Bertz CT molecular complexity index is 819. The number of anilines is 1. The van der Waals surface area contributed by atoms with E-state index in [2.05, 4.69) is 16.0 Å². The summed E-state index contributed by atoms with van der Waals surface area (Å²) in [6.45, 7) is -0.0645. The van der Waals surface area contributed by atoms with Crippen LogP contribution in [0.3, 0.4) is 0 Å². The molecule has 2 rings (SSSR count). The van der Waals surface area contributed by atoms with Gasteiger partial charge < -0.3 is 20.7 Å². The average Bonchev–Trinajstić information content (AvgIpc) is 3.24. The number of carbonyl (C=O) groups excluding carboxylic acids is 4. The van der Waals surface area contributed by atoms with Crippen LogP contribution in [0.25, 0.3) is 0 Å². The molecule has 1 aromatic heterocycles. The van der Waals surface area contributed by atoms with Gasteiger partial charge in [0.25, 0.3) is 17.7 Å². The summed E-state index contributed by atoms with van der Waals surface area (Å²) in [5.41, 5.74) is 1.55. The van der Waals surface area contributed by atoms with Crippen molar-refractivity contribution in [1.82, 2.24) is 10.6 Å². The van der Waals surface area contributed by atoms with Crippen LogP contribution in [0.4, 0.5) is 5.69 Å². The first-order chi connectivity index (χ1) is 13.5. The zero-order valence-corrected chi connectivity index (χ0v) is 16.1. The molecular formula is C19H21N3O5S. The van der Waals surface area contributed by atoms with Gasteiger partial charge in [0.1, 0.15) is 0 Å². The molecule has 0 unspecified atom stereocenters. The lowest BCUT2D eigenvalue weighted by Gasteiger charge is -2.08. The zero-order valence-electron chi connectivity index (χ0n) is 15.3. The van der Waals surface area contributed by atoms with Gasteiger partial charge in [-0.1, -0.05) is 0 Å². The molecule has 0 spiro atoms. The van der Waals surface area contributed by atoms with Gasteiger partial charge in [-0.05, 0) is 42.1 Å². The Labute approximate surface area is 166 Å². The SMILES string of the molecule is CNC(=O)c1ccc(NC(=O)COC(=O)CCCNC(=O)c2ccsc2)cc1. The average molecular weight is 403 g/mol. The minimum absolute atomic E-state index is 0.0953. The van der Waals surface area contributed by atoms with Crippen molar-refractivity contribution in [3.05, 3.63) is 52.2 Å². The van der Waals surface area contributed by atoms with E-state index in [1.165, 1.54) is 18.4 Å². The molecule has 3 amide bonds. The molecule has 0 aliphatic heterocycles. The molecule has 148 valence electrons. The first kappa shape index (κ1) is 21.1. The second-order valence-corrected chi connectivity index (χ2v) is 6.52. The van der Waals surface area contributed by atoms with Crippen LogP contribution >= 0.6 is 11.3 Å². The standard InChI is InChI=1S/C19H21N3O5S/c1-20-18(25)13-4-6-15(7-5-13)22-16(23)11-27-17(24)3-2-9-21-19(26)14-8-10-28-12-14/h4-8,10,12H,2-3,9,11H2,1H3,(H,20,25)(H,21,26)(H,22,23). The van der Waals surface area contributed by atoms with Crippen molar-refractivity contribution in [2.75, 3.05) is 25.5 Å². The second-order valence-electron chi connectivity index (χ2n) is 5.74. The van der Waals surface area contributed by atoms with E-state index in [1.807, 2.05) is 5.38 Å². The number of ether oxygens (including phenoxy) is 1. The Balaban J connectivity index is 1.62. The van der Waals surface area contributed by atoms with E-state index >= 15 is 0 Å². The van der Waals surface area contributed by atoms with Crippen LogP contribution in [0.15, 0.2) is 41.1 Å².